The van der Waals surface area contributed by atoms with Crippen LogP contribution in [0.2, 0.25) is 0 Å². The fraction of sp³-hybridized carbons (Fsp3) is 1.00. The number of hydrogen-bond acceptors (Lipinski definition) is 4. The molecule has 0 aromatic rings. The minimum atomic E-state index is -0.0843. The minimum Gasteiger partial charge on any atom is -0.394 e. The Morgan fingerprint density at radius 2 is 2.05 bits per heavy atom. The molecule has 2 unspecified atom stereocenters. The van der Waals surface area contributed by atoms with E-state index in [1.165, 1.54) is 0 Å². The van der Waals surface area contributed by atoms with Crippen molar-refractivity contribution in [3.05, 3.63) is 0 Å². The van der Waals surface area contributed by atoms with Crippen LogP contribution in [0.15, 0.2) is 0 Å². The number of rotatable bonds is 8. The predicted octanol–water partition coefficient (Wildman–Crippen LogP) is 1.62. The maximum atomic E-state index is 9.77. The standard InChI is InChI=1S/C15H32N2O2/c1-12(2)16-15(11-18)7-6-14(10-15)17(13(3)4)8-9-19-5/h12-14,16,18H,6-11H2,1-5H3. The zero-order valence-corrected chi connectivity index (χ0v) is 13.3. The fourth-order valence-corrected chi connectivity index (χ4v) is 3.37. The molecule has 0 aliphatic heterocycles. The van der Waals surface area contributed by atoms with Gasteiger partial charge in [-0.25, -0.2) is 0 Å². The lowest BCUT2D eigenvalue weighted by Gasteiger charge is -2.35. The number of ether oxygens (including phenoxy) is 1. The van der Waals surface area contributed by atoms with E-state index in [-0.39, 0.29) is 12.1 Å². The highest BCUT2D eigenvalue weighted by molar-refractivity contribution is 5.00. The number of aliphatic hydroxyl groups is 1. The highest BCUT2D eigenvalue weighted by Crippen LogP contribution is 2.34. The number of hydrogen-bond donors (Lipinski definition) is 2. The van der Waals surface area contributed by atoms with Crippen molar-refractivity contribution in [3.8, 4) is 0 Å². The van der Waals surface area contributed by atoms with Crippen molar-refractivity contribution in [2.45, 2.75) is 70.6 Å². The number of methoxy groups -OCH3 is 1. The van der Waals surface area contributed by atoms with E-state index in [1.807, 2.05) is 0 Å². The number of nitrogens with one attached hydrogen (secondary N) is 1. The second kappa shape index (κ2) is 7.58. The van der Waals surface area contributed by atoms with Crippen LogP contribution in [0, 0.1) is 0 Å². The first-order valence-electron chi connectivity index (χ1n) is 7.57. The molecule has 2 N–H and O–H groups in total. The van der Waals surface area contributed by atoms with Crippen LogP contribution in [0.25, 0.3) is 0 Å². The van der Waals surface area contributed by atoms with Crippen LogP contribution in [0.4, 0.5) is 0 Å². The van der Waals surface area contributed by atoms with Crippen molar-refractivity contribution in [3.63, 3.8) is 0 Å². The summed E-state index contributed by atoms with van der Waals surface area (Å²) in [6.45, 7) is 10.8. The van der Waals surface area contributed by atoms with Crippen LogP contribution in [0.5, 0.6) is 0 Å². The quantitative estimate of drug-likeness (QED) is 0.705. The molecule has 0 radical (unpaired) electrons. The lowest BCUT2D eigenvalue weighted by Crippen LogP contribution is -2.51. The van der Waals surface area contributed by atoms with Gasteiger partial charge in [0.15, 0.2) is 0 Å². The SMILES string of the molecule is COCCN(C(C)C)C1CCC(CO)(NC(C)C)C1. The lowest BCUT2D eigenvalue weighted by atomic mass is 9.97. The van der Waals surface area contributed by atoms with E-state index >= 15 is 0 Å². The topological polar surface area (TPSA) is 44.7 Å². The Balaban J connectivity index is 2.65. The molecule has 1 aliphatic rings. The molecule has 0 bridgehead atoms. The molecule has 0 aromatic heterocycles. The first kappa shape index (κ1) is 16.9. The largest absolute Gasteiger partial charge is 0.394 e. The molecule has 4 heteroatoms. The summed E-state index contributed by atoms with van der Waals surface area (Å²) >= 11 is 0. The van der Waals surface area contributed by atoms with Gasteiger partial charge < -0.3 is 15.2 Å². The average molecular weight is 272 g/mol. The fourth-order valence-electron chi connectivity index (χ4n) is 3.37. The van der Waals surface area contributed by atoms with Crippen LogP contribution in [-0.4, -0.2) is 60.5 Å². The van der Waals surface area contributed by atoms with Gasteiger partial charge in [-0.15, -0.1) is 0 Å². The molecule has 0 heterocycles. The summed E-state index contributed by atoms with van der Waals surface area (Å²) < 4.78 is 5.22. The molecule has 19 heavy (non-hydrogen) atoms. The maximum absolute atomic E-state index is 9.77. The Morgan fingerprint density at radius 3 is 2.53 bits per heavy atom. The van der Waals surface area contributed by atoms with Gasteiger partial charge in [-0.3, -0.25) is 4.90 Å². The third kappa shape index (κ3) is 4.71. The zero-order chi connectivity index (χ0) is 14.5. The first-order valence-corrected chi connectivity index (χ1v) is 7.57. The highest BCUT2D eigenvalue weighted by atomic mass is 16.5. The van der Waals surface area contributed by atoms with Crippen LogP contribution in [-0.2, 0) is 4.74 Å². The Bertz CT molecular complexity index is 259. The summed E-state index contributed by atoms with van der Waals surface area (Å²) in [5.41, 5.74) is -0.0843. The molecule has 0 aromatic carbocycles. The van der Waals surface area contributed by atoms with Crippen molar-refractivity contribution in [1.82, 2.24) is 10.2 Å². The van der Waals surface area contributed by atoms with Crippen LogP contribution >= 0.6 is 0 Å². The van der Waals surface area contributed by atoms with E-state index in [1.54, 1.807) is 7.11 Å². The van der Waals surface area contributed by atoms with E-state index in [2.05, 4.69) is 37.9 Å². The van der Waals surface area contributed by atoms with E-state index in [0.29, 0.717) is 18.1 Å². The van der Waals surface area contributed by atoms with Crippen LogP contribution in [0.3, 0.4) is 0 Å². The minimum absolute atomic E-state index is 0.0843. The number of nitrogens with zero attached hydrogens (tertiary/aromatic N) is 1. The van der Waals surface area contributed by atoms with E-state index < -0.39 is 0 Å². The van der Waals surface area contributed by atoms with Crippen molar-refractivity contribution < 1.29 is 9.84 Å². The van der Waals surface area contributed by atoms with Crippen molar-refractivity contribution in [2.75, 3.05) is 26.9 Å². The molecule has 0 spiro atoms. The van der Waals surface area contributed by atoms with Crippen molar-refractivity contribution in [1.29, 1.82) is 0 Å². The molecule has 114 valence electrons. The Morgan fingerprint density at radius 1 is 1.37 bits per heavy atom. The summed E-state index contributed by atoms with van der Waals surface area (Å²) in [6, 6.07) is 1.49. The van der Waals surface area contributed by atoms with Gasteiger partial charge in [0.25, 0.3) is 0 Å². The van der Waals surface area contributed by atoms with E-state index in [9.17, 15) is 5.11 Å². The van der Waals surface area contributed by atoms with Crippen molar-refractivity contribution >= 4 is 0 Å². The van der Waals surface area contributed by atoms with Gasteiger partial charge in [0, 0.05) is 37.3 Å². The molecule has 1 rings (SSSR count). The van der Waals surface area contributed by atoms with E-state index in [0.717, 1.165) is 32.4 Å². The van der Waals surface area contributed by atoms with Crippen molar-refractivity contribution in [2.24, 2.45) is 0 Å². The van der Waals surface area contributed by atoms with E-state index in [4.69, 9.17) is 4.74 Å². The Kier molecular flexibility index (Phi) is 6.74. The van der Waals surface area contributed by atoms with Gasteiger partial charge in [-0.2, -0.15) is 0 Å². The second-order valence-corrected chi connectivity index (χ2v) is 6.46. The Hall–Kier alpha value is -0.160. The molecule has 2 atom stereocenters. The monoisotopic (exact) mass is 272 g/mol. The molecule has 1 fully saturated rings. The van der Waals surface area contributed by atoms with Gasteiger partial charge >= 0.3 is 0 Å². The number of aliphatic hydroxyl groups excluding tert-OH is 1. The van der Waals surface area contributed by atoms with Gasteiger partial charge in [0.2, 0.25) is 0 Å². The maximum Gasteiger partial charge on any atom is 0.0614 e. The molecule has 4 nitrogen and oxygen atoms in total. The summed E-state index contributed by atoms with van der Waals surface area (Å²) in [6.07, 6.45) is 3.24. The zero-order valence-electron chi connectivity index (χ0n) is 13.3. The molecule has 1 aliphatic carbocycles. The van der Waals surface area contributed by atoms with Crippen LogP contribution in [0.1, 0.15) is 47.0 Å². The predicted molar refractivity (Wildman–Crippen MR) is 79.4 cm³/mol. The first-order chi connectivity index (χ1) is 8.94. The smallest absolute Gasteiger partial charge is 0.0614 e. The van der Waals surface area contributed by atoms with Crippen LogP contribution < -0.4 is 5.32 Å². The van der Waals surface area contributed by atoms with Gasteiger partial charge in [-0.05, 0) is 33.1 Å². The third-order valence-corrected chi connectivity index (χ3v) is 4.17. The highest BCUT2D eigenvalue weighted by Gasteiger charge is 2.41. The molecular formula is C15H32N2O2. The molecule has 0 amide bonds. The molecular weight excluding hydrogens is 240 g/mol. The van der Waals surface area contributed by atoms with Gasteiger partial charge in [-0.1, -0.05) is 13.8 Å². The summed E-state index contributed by atoms with van der Waals surface area (Å²) in [5.74, 6) is 0. The normalized spacial score (nSPS) is 27.9. The molecule has 0 saturated heterocycles. The summed E-state index contributed by atoms with van der Waals surface area (Å²) in [5, 5.41) is 13.4. The molecule has 1 saturated carbocycles. The second-order valence-electron chi connectivity index (χ2n) is 6.46. The summed E-state index contributed by atoms with van der Waals surface area (Å²) in [7, 11) is 1.76. The third-order valence-electron chi connectivity index (χ3n) is 4.17. The lowest BCUT2D eigenvalue weighted by molar-refractivity contribution is 0.0865. The van der Waals surface area contributed by atoms with Gasteiger partial charge in [0.1, 0.15) is 0 Å². The summed E-state index contributed by atoms with van der Waals surface area (Å²) in [4.78, 5) is 2.52. The Labute approximate surface area is 118 Å². The average Bonchev–Trinajstić information content (AvgIpc) is 2.73. The van der Waals surface area contributed by atoms with Gasteiger partial charge in [0.05, 0.1) is 13.2 Å².